The highest BCUT2D eigenvalue weighted by Gasteiger charge is 2.33. The molecule has 2 heteroatoms. The van der Waals surface area contributed by atoms with Crippen molar-refractivity contribution in [2.75, 3.05) is 19.6 Å². The molecule has 2 rings (SSSR count). The molecular formula is C15H23NO. The van der Waals surface area contributed by atoms with E-state index in [0.29, 0.717) is 6.10 Å². The van der Waals surface area contributed by atoms with Crippen LogP contribution in [0.3, 0.4) is 0 Å². The van der Waals surface area contributed by atoms with Crippen LogP contribution in [0.5, 0.6) is 5.75 Å². The lowest BCUT2D eigenvalue weighted by Crippen LogP contribution is -2.44. The maximum absolute atomic E-state index is 6.03. The molecular weight excluding hydrogens is 210 g/mol. The highest BCUT2D eigenvalue weighted by atomic mass is 16.5. The van der Waals surface area contributed by atoms with Gasteiger partial charge in [0.25, 0.3) is 0 Å². The second kappa shape index (κ2) is 6.06. The van der Waals surface area contributed by atoms with E-state index >= 15 is 0 Å². The van der Waals surface area contributed by atoms with Crippen LogP contribution in [0.15, 0.2) is 30.3 Å². The van der Waals surface area contributed by atoms with E-state index in [9.17, 15) is 0 Å². The summed E-state index contributed by atoms with van der Waals surface area (Å²) >= 11 is 0. The minimum Gasteiger partial charge on any atom is -0.490 e. The number of nitrogens with zero attached hydrogens (tertiary/aromatic N) is 1. The summed E-state index contributed by atoms with van der Waals surface area (Å²) in [6.45, 7) is 7.94. The van der Waals surface area contributed by atoms with Gasteiger partial charge in [-0.05, 0) is 38.1 Å². The van der Waals surface area contributed by atoms with Crippen LogP contribution >= 0.6 is 0 Å². The summed E-state index contributed by atoms with van der Waals surface area (Å²) in [5, 5.41) is 0. The summed E-state index contributed by atoms with van der Waals surface area (Å²) in [5.41, 5.74) is 0. The van der Waals surface area contributed by atoms with Crippen molar-refractivity contribution in [3.63, 3.8) is 0 Å². The van der Waals surface area contributed by atoms with E-state index in [1.165, 1.54) is 19.4 Å². The Kier molecular flexibility index (Phi) is 4.43. The molecule has 94 valence electrons. The maximum Gasteiger partial charge on any atom is 0.119 e. The van der Waals surface area contributed by atoms with Crippen molar-refractivity contribution < 1.29 is 4.74 Å². The summed E-state index contributed by atoms with van der Waals surface area (Å²) in [6.07, 6.45) is 2.95. The number of benzene rings is 1. The third kappa shape index (κ3) is 3.22. The lowest BCUT2D eigenvalue weighted by atomic mass is 9.81. The Morgan fingerprint density at radius 3 is 2.35 bits per heavy atom. The molecule has 1 aliphatic carbocycles. The van der Waals surface area contributed by atoms with Crippen LogP contribution in [0.25, 0.3) is 0 Å². The van der Waals surface area contributed by atoms with Gasteiger partial charge in [0.15, 0.2) is 0 Å². The van der Waals surface area contributed by atoms with Crippen molar-refractivity contribution in [3.8, 4) is 5.75 Å². The zero-order valence-electron chi connectivity index (χ0n) is 10.9. The summed E-state index contributed by atoms with van der Waals surface area (Å²) < 4.78 is 6.03. The second-order valence-corrected chi connectivity index (χ2v) is 4.79. The summed E-state index contributed by atoms with van der Waals surface area (Å²) in [6, 6.07) is 10.2. The first kappa shape index (κ1) is 12.4. The first-order chi connectivity index (χ1) is 8.33. The molecule has 2 nitrogen and oxygen atoms in total. The van der Waals surface area contributed by atoms with Crippen molar-refractivity contribution in [1.82, 2.24) is 4.90 Å². The van der Waals surface area contributed by atoms with Gasteiger partial charge in [0.2, 0.25) is 0 Å². The van der Waals surface area contributed by atoms with Crippen molar-refractivity contribution in [2.24, 2.45) is 5.92 Å². The lowest BCUT2D eigenvalue weighted by molar-refractivity contribution is 0.0246. The SMILES string of the molecule is CCN(CC)C[C@H]1CCC1Oc1ccccc1. The number of hydrogen-bond donors (Lipinski definition) is 0. The van der Waals surface area contributed by atoms with Crippen LogP contribution in [0.1, 0.15) is 26.7 Å². The van der Waals surface area contributed by atoms with Gasteiger partial charge in [-0.3, -0.25) is 0 Å². The van der Waals surface area contributed by atoms with Crippen LogP contribution in [0, 0.1) is 5.92 Å². The Morgan fingerprint density at radius 1 is 1.12 bits per heavy atom. The molecule has 1 aromatic rings. The summed E-state index contributed by atoms with van der Waals surface area (Å²) in [7, 11) is 0. The van der Waals surface area contributed by atoms with Gasteiger partial charge in [-0.25, -0.2) is 0 Å². The number of rotatable bonds is 6. The zero-order chi connectivity index (χ0) is 12.1. The van der Waals surface area contributed by atoms with E-state index in [1.54, 1.807) is 0 Å². The molecule has 0 radical (unpaired) electrons. The third-order valence-electron chi connectivity index (χ3n) is 3.77. The minimum absolute atomic E-state index is 0.429. The van der Waals surface area contributed by atoms with E-state index in [2.05, 4.69) is 18.7 Å². The fraction of sp³-hybridized carbons (Fsp3) is 0.600. The quantitative estimate of drug-likeness (QED) is 0.748. The molecule has 1 saturated carbocycles. The molecule has 0 saturated heterocycles. The van der Waals surface area contributed by atoms with Gasteiger partial charge in [0, 0.05) is 12.5 Å². The molecule has 0 aliphatic heterocycles. The molecule has 0 aromatic heterocycles. The van der Waals surface area contributed by atoms with E-state index in [4.69, 9.17) is 4.74 Å². The first-order valence-corrected chi connectivity index (χ1v) is 6.77. The van der Waals surface area contributed by atoms with E-state index in [1.807, 2.05) is 30.3 Å². The number of para-hydroxylation sites is 1. The molecule has 0 heterocycles. The molecule has 1 fully saturated rings. The second-order valence-electron chi connectivity index (χ2n) is 4.79. The zero-order valence-corrected chi connectivity index (χ0v) is 10.9. The van der Waals surface area contributed by atoms with Gasteiger partial charge in [-0.1, -0.05) is 32.0 Å². The Balaban J connectivity index is 1.83. The number of hydrogen-bond acceptors (Lipinski definition) is 2. The topological polar surface area (TPSA) is 12.5 Å². The van der Waals surface area contributed by atoms with Gasteiger partial charge in [0.05, 0.1) is 0 Å². The third-order valence-corrected chi connectivity index (χ3v) is 3.77. The molecule has 1 aliphatic rings. The fourth-order valence-electron chi connectivity index (χ4n) is 2.39. The molecule has 0 bridgehead atoms. The predicted molar refractivity (Wildman–Crippen MR) is 71.4 cm³/mol. The summed E-state index contributed by atoms with van der Waals surface area (Å²) in [4.78, 5) is 2.49. The molecule has 0 amide bonds. The molecule has 1 aromatic carbocycles. The highest BCUT2D eigenvalue weighted by Crippen LogP contribution is 2.32. The minimum atomic E-state index is 0.429. The van der Waals surface area contributed by atoms with Crippen molar-refractivity contribution in [3.05, 3.63) is 30.3 Å². The standard InChI is InChI=1S/C15H23NO/c1-3-16(4-2)12-13-10-11-15(13)17-14-8-6-5-7-9-14/h5-9,13,15H,3-4,10-12H2,1-2H3/t13-,15?/m1/s1. The lowest BCUT2D eigenvalue weighted by Gasteiger charge is -2.39. The monoisotopic (exact) mass is 233 g/mol. The fourth-order valence-corrected chi connectivity index (χ4v) is 2.39. The van der Waals surface area contributed by atoms with Crippen LogP contribution in [0.4, 0.5) is 0 Å². The Bertz CT molecular complexity index is 321. The predicted octanol–water partition coefficient (Wildman–Crippen LogP) is 3.19. The van der Waals surface area contributed by atoms with Gasteiger partial charge in [-0.2, -0.15) is 0 Å². The van der Waals surface area contributed by atoms with Gasteiger partial charge < -0.3 is 9.64 Å². The summed E-state index contributed by atoms with van der Waals surface area (Å²) in [5.74, 6) is 1.73. The van der Waals surface area contributed by atoms with Crippen LogP contribution in [-0.2, 0) is 0 Å². The molecule has 0 N–H and O–H groups in total. The molecule has 17 heavy (non-hydrogen) atoms. The Hall–Kier alpha value is -1.02. The van der Waals surface area contributed by atoms with Crippen molar-refractivity contribution in [2.45, 2.75) is 32.8 Å². The molecule has 1 unspecified atom stereocenters. The Morgan fingerprint density at radius 2 is 1.82 bits per heavy atom. The largest absolute Gasteiger partial charge is 0.490 e. The Labute approximate surface area is 105 Å². The maximum atomic E-state index is 6.03. The number of ether oxygens (including phenoxy) is 1. The normalized spacial score (nSPS) is 23.5. The van der Waals surface area contributed by atoms with Gasteiger partial charge >= 0.3 is 0 Å². The van der Waals surface area contributed by atoms with Crippen LogP contribution in [0.2, 0.25) is 0 Å². The highest BCUT2D eigenvalue weighted by molar-refractivity contribution is 5.21. The van der Waals surface area contributed by atoms with Crippen molar-refractivity contribution >= 4 is 0 Å². The smallest absolute Gasteiger partial charge is 0.119 e. The molecule has 2 atom stereocenters. The van der Waals surface area contributed by atoms with Gasteiger partial charge in [-0.15, -0.1) is 0 Å². The van der Waals surface area contributed by atoms with E-state index < -0.39 is 0 Å². The van der Waals surface area contributed by atoms with Crippen molar-refractivity contribution in [1.29, 1.82) is 0 Å². The van der Waals surface area contributed by atoms with Gasteiger partial charge in [0.1, 0.15) is 11.9 Å². The average Bonchev–Trinajstić information content (AvgIpc) is 2.37. The van der Waals surface area contributed by atoms with E-state index in [0.717, 1.165) is 24.8 Å². The average molecular weight is 233 g/mol. The van der Waals surface area contributed by atoms with E-state index in [-0.39, 0.29) is 0 Å². The molecule has 0 spiro atoms. The van der Waals surface area contributed by atoms with Crippen LogP contribution < -0.4 is 4.74 Å². The first-order valence-electron chi connectivity index (χ1n) is 6.77. The van der Waals surface area contributed by atoms with Crippen LogP contribution in [-0.4, -0.2) is 30.6 Å².